The second-order valence-corrected chi connectivity index (χ2v) is 9.56. The standard InChI is InChI=1S/C36H22O/c1-2-13-24-23(11-1)12-9-19-25(24)34-26-14-3-5-16-28(26)35(29-17-6-4-15-27(29)34)31-20-10-22-33-36(31)30-18-7-8-21-32(30)37-33/h1-22H/i12D. The van der Waals surface area contributed by atoms with E-state index in [0.717, 1.165) is 38.3 Å². The van der Waals surface area contributed by atoms with Crippen LogP contribution >= 0.6 is 0 Å². The van der Waals surface area contributed by atoms with Gasteiger partial charge in [0.1, 0.15) is 11.2 Å². The molecule has 0 bridgehead atoms. The molecule has 1 heterocycles. The van der Waals surface area contributed by atoms with Gasteiger partial charge < -0.3 is 4.42 Å². The lowest BCUT2D eigenvalue weighted by Crippen LogP contribution is -1.92. The second kappa shape index (κ2) is 7.81. The number of fused-ring (bicyclic) bond motifs is 6. The zero-order chi connectivity index (χ0) is 25.2. The van der Waals surface area contributed by atoms with Gasteiger partial charge in [-0.05, 0) is 66.7 Å². The quantitative estimate of drug-likeness (QED) is 0.229. The average Bonchev–Trinajstić information content (AvgIpc) is 3.36. The molecular formula is C36H22O. The highest BCUT2D eigenvalue weighted by molar-refractivity contribution is 6.26. The molecule has 0 spiro atoms. The van der Waals surface area contributed by atoms with Crippen molar-refractivity contribution in [3.63, 3.8) is 0 Å². The van der Waals surface area contributed by atoms with Crippen molar-refractivity contribution >= 4 is 54.3 Å². The van der Waals surface area contributed by atoms with E-state index in [4.69, 9.17) is 5.79 Å². The Labute approximate surface area is 215 Å². The highest BCUT2D eigenvalue weighted by atomic mass is 16.3. The Morgan fingerprint density at radius 3 is 1.62 bits per heavy atom. The van der Waals surface area contributed by atoms with E-state index in [2.05, 4.69) is 97.1 Å². The fourth-order valence-electron chi connectivity index (χ4n) is 6.06. The van der Waals surface area contributed by atoms with Crippen LogP contribution in [-0.2, 0) is 0 Å². The van der Waals surface area contributed by atoms with E-state index in [1.54, 1.807) is 0 Å². The van der Waals surface area contributed by atoms with E-state index >= 15 is 0 Å². The van der Waals surface area contributed by atoms with Crippen LogP contribution in [0.25, 0.3) is 76.5 Å². The predicted molar refractivity (Wildman–Crippen MR) is 157 cm³/mol. The van der Waals surface area contributed by atoms with Crippen LogP contribution in [0.15, 0.2) is 138 Å². The van der Waals surface area contributed by atoms with Gasteiger partial charge in [-0.3, -0.25) is 0 Å². The van der Waals surface area contributed by atoms with Crippen molar-refractivity contribution in [1.82, 2.24) is 0 Å². The molecule has 1 nitrogen and oxygen atoms in total. The van der Waals surface area contributed by atoms with Crippen LogP contribution in [0.2, 0.25) is 0 Å². The normalized spacial score (nSPS) is 12.2. The maximum atomic E-state index is 8.51. The van der Waals surface area contributed by atoms with Crippen molar-refractivity contribution in [2.45, 2.75) is 0 Å². The van der Waals surface area contributed by atoms with E-state index in [1.165, 1.54) is 38.2 Å². The molecule has 0 aliphatic carbocycles. The first-order chi connectivity index (χ1) is 18.8. The van der Waals surface area contributed by atoms with Crippen LogP contribution in [0.4, 0.5) is 0 Å². The lowest BCUT2D eigenvalue weighted by Gasteiger charge is -2.19. The molecule has 0 aliphatic heterocycles. The Hall–Kier alpha value is -4.88. The maximum absolute atomic E-state index is 8.51. The van der Waals surface area contributed by atoms with Crippen molar-refractivity contribution in [3.05, 3.63) is 133 Å². The largest absolute Gasteiger partial charge is 0.456 e. The van der Waals surface area contributed by atoms with E-state index in [0.29, 0.717) is 6.04 Å². The second-order valence-electron chi connectivity index (χ2n) is 9.56. The van der Waals surface area contributed by atoms with Crippen LogP contribution in [0.1, 0.15) is 1.37 Å². The highest BCUT2D eigenvalue weighted by Gasteiger charge is 2.20. The third kappa shape index (κ3) is 2.92. The summed E-state index contributed by atoms with van der Waals surface area (Å²) in [6.45, 7) is 0. The summed E-state index contributed by atoms with van der Waals surface area (Å²) in [7, 11) is 0. The third-order valence-electron chi connectivity index (χ3n) is 7.58. The Bertz CT molecular complexity index is 2150. The van der Waals surface area contributed by atoms with Crippen LogP contribution in [0, 0.1) is 0 Å². The first-order valence-corrected chi connectivity index (χ1v) is 12.6. The SMILES string of the molecule is [2H]c1ccc(-c2c3ccccc3c(-c3cccc4oc5ccccc5c34)c3ccccc23)c2ccccc12. The number of para-hydroxylation sites is 1. The third-order valence-corrected chi connectivity index (χ3v) is 7.58. The van der Waals surface area contributed by atoms with Gasteiger partial charge in [-0.15, -0.1) is 0 Å². The van der Waals surface area contributed by atoms with Gasteiger partial charge in [0.25, 0.3) is 0 Å². The first-order valence-electron chi connectivity index (χ1n) is 13.1. The molecule has 7 aromatic carbocycles. The summed E-state index contributed by atoms with van der Waals surface area (Å²) < 4.78 is 14.8. The van der Waals surface area contributed by atoms with Crippen molar-refractivity contribution in [2.24, 2.45) is 0 Å². The number of furan rings is 1. The van der Waals surface area contributed by atoms with Crippen molar-refractivity contribution < 1.29 is 5.79 Å². The summed E-state index contributed by atoms with van der Waals surface area (Å²) in [6.07, 6.45) is 0. The Morgan fingerprint density at radius 2 is 0.919 bits per heavy atom. The molecule has 1 aromatic heterocycles. The van der Waals surface area contributed by atoms with E-state index < -0.39 is 0 Å². The van der Waals surface area contributed by atoms with Crippen LogP contribution < -0.4 is 0 Å². The maximum Gasteiger partial charge on any atom is 0.136 e. The van der Waals surface area contributed by atoms with Gasteiger partial charge in [-0.25, -0.2) is 0 Å². The van der Waals surface area contributed by atoms with Crippen molar-refractivity contribution in [1.29, 1.82) is 0 Å². The monoisotopic (exact) mass is 471 g/mol. The summed E-state index contributed by atoms with van der Waals surface area (Å²) >= 11 is 0. The summed E-state index contributed by atoms with van der Waals surface area (Å²) in [5.74, 6) is 0. The van der Waals surface area contributed by atoms with Gasteiger partial charge in [0.15, 0.2) is 0 Å². The molecule has 172 valence electrons. The van der Waals surface area contributed by atoms with E-state index in [1.807, 2.05) is 30.3 Å². The van der Waals surface area contributed by atoms with Crippen molar-refractivity contribution in [2.75, 3.05) is 0 Å². The fourth-order valence-corrected chi connectivity index (χ4v) is 6.06. The zero-order valence-electron chi connectivity index (χ0n) is 21.0. The summed E-state index contributed by atoms with van der Waals surface area (Å²) in [5, 5.41) is 9.17. The Morgan fingerprint density at radius 1 is 0.405 bits per heavy atom. The summed E-state index contributed by atoms with van der Waals surface area (Å²) in [5.41, 5.74) is 6.57. The van der Waals surface area contributed by atoms with Gasteiger partial charge in [0.2, 0.25) is 0 Å². The van der Waals surface area contributed by atoms with Crippen LogP contribution in [0.5, 0.6) is 0 Å². The lowest BCUT2D eigenvalue weighted by molar-refractivity contribution is 0.669. The molecule has 1 heteroatoms. The number of rotatable bonds is 2. The van der Waals surface area contributed by atoms with Gasteiger partial charge in [-0.2, -0.15) is 0 Å². The van der Waals surface area contributed by atoms with E-state index in [-0.39, 0.29) is 0 Å². The lowest BCUT2D eigenvalue weighted by atomic mass is 9.84. The minimum absolute atomic E-state index is 0.549. The Balaban J connectivity index is 1.58. The smallest absolute Gasteiger partial charge is 0.136 e. The zero-order valence-corrected chi connectivity index (χ0v) is 20.0. The first kappa shape index (κ1) is 19.3. The van der Waals surface area contributed by atoms with E-state index in [9.17, 15) is 0 Å². The van der Waals surface area contributed by atoms with Gasteiger partial charge in [0, 0.05) is 10.8 Å². The summed E-state index contributed by atoms with van der Waals surface area (Å²) in [6, 6.07) is 45.0. The molecule has 0 radical (unpaired) electrons. The average molecular weight is 472 g/mol. The van der Waals surface area contributed by atoms with Crippen molar-refractivity contribution in [3.8, 4) is 22.3 Å². The number of hydrogen-bond acceptors (Lipinski definition) is 1. The Kier molecular flexibility index (Phi) is 4.08. The molecule has 0 saturated heterocycles. The number of benzene rings is 7. The molecule has 0 unspecified atom stereocenters. The molecule has 0 fully saturated rings. The molecule has 0 atom stereocenters. The molecule has 8 rings (SSSR count). The fraction of sp³-hybridized carbons (Fsp3) is 0. The molecule has 37 heavy (non-hydrogen) atoms. The molecule has 0 aliphatic rings. The molecule has 0 N–H and O–H groups in total. The van der Waals surface area contributed by atoms with Gasteiger partial charge in [0.05, 0.1) is 1.37 Å². The molecular weight excluding hydrogens is 448 g/mol. The van der Waals surface area contributed by atoms with Crippen LogP contribution in [-0.4, -0.2) is 0 Å². The van der Waals surface area contributed by atoms with Gasteiger partial charge in [-0.1, -0.05) is 121 Å². The minimum Gasteiger partial charge on any atom is -0.456 e. The highest BCUT2D eigenvalue weighted by Crippen LogP contribution is 2.47. The van der Waals surface area contributed by atoms with Gasteiger partial charge >= 0.3 is 0 Å². The summed E-state index contributed by atoms with van der Waals surface area (Å²) in [4.78, 5) is 0. The molecule has 8 aromatic rings. The van der Waals surface area contributed by atoms with Crippen LogP contribution in [0.3, 0.4) is 0 Å². The predicted octanol–water partition coefficient (Wildman–Crippen LogP) is 10.4. The molecule has 0 amide bonds. The molecule has 0 saturated carbocycles. The minimum atomic E-state index is 0.549. The topological polar surface area (TPSA) is 13.1 Å². The number of hydrogen-bond donors (Lipinski definition) is 0.